The van der Waals surface area contributed by atoms with E-state index in [2.05, 4.69) is 24.1 Å². The van der Waals surface area contributed by atoms with Crippen molar-refractivity contribution < 1.29 is 8.78 Å². The van der Waals surface area contributed by atoms with E-state index in [1.165, 1.54) is 13.1 Å². The highest BCUT2D eigenvalue weighted by molar-refractivity contribution is 4.80. The van der Waals surface area contributed by atoms with Crippen molar-refractivity contribution in [1.29, 1.82) is 0 Å². The Kier molecular flexibility index (Phi) is 7.34. The van der Waals surface area contributed by atoms with E-state index < -0.39 is 5.92 Å². The van der Waals surface area contributed by atoms with Gasteiger partial charge in [0.1, 0.15) is 0 Å². The summed E-state index contributed by atoms with van der Waals surface area (Å²) in [6.45, 7) is 14.0. The summed E-state index contributed by atoms with van der Waals surface area (Å²) < 4.78 is 25.5. The van der Waals surface area contributed by atoms with Gasteiger partial charge in [-0.15, -0.1) is 0 Å². The number of nitrogens with zero attached hydrogens (tertiary/aromatic N) is 2. The van der Waals surface area contributed by atoms with E-state index in [9.17, 15) is 8.78 Å². The normalized spacial score (nSPS) is 24.6. The average Bonchev–Trinajstić information content (AvgIpc) is 2.39. The fourth-order valence-corrected chi connectivity index (χ4v) is 2.64. The van der Waals surface area contributed by atoms with Gasteiger partial charge in [0.2, 0.25) is 0 Å². The van der Waals surface area contributed by atoms with E-state index in [1.807, 2.05) is 18.7 Å². The summed E-state index contributed by atoms with van der Waals surface area (Å²) in [5, 5.41) is 3.33. The summed E-state index contributed by atoms with van der Waals surface area (Å²) in [6, 6.07) is 0.980. The van der Waals surface area contributed by atoms with Crippen LogP contribution in [-0.2, 0) is 0 Å². The molecule has 2 fully saturated rings. The second-order valence-electron chi connectivity index (χ2n) is 6.40. The minimum atomic E-state index is -2.44. The smallest absolute Gasteiger partial charge is 0.260 e. The molecule has 1 N–H and O–H groups in total. The van der Waals surface area contributed by atoms with Crippen molar-refractivity contribution in [3.8, 4) is 0 Å². The third-order valence-electron chi connectivity index (χ3n) is 4.03. The number of nitrogens with one attached hydrogen (secondary N) is 1. The Hall–Kier alpha value is -0.260. The van der Waals surface area contributed by atoms with Crippen LogP contribution in [0, 0.1) is 0 Å². The molecule has 120 valence electrons. The van der Waals surface area contributed by atoms with Crippen LogP contribution in [0.1, 0.15) is 40.5 Å². The van der Waals surface area contributed by atoms with Crippen molar-refractivity contribution >= 4 is 0 Å². The standard InChI is InChI=1S/C8H15F2N.C7H16N2/c1-7(2)11-5-3-4-8(9,10)6-11;1-7(2)9-5-3-8-4-6-9/h7H,3-6H2,1-2H3;7-8H,3-6H2,1-2H3. The average molecular weight is 291 g/mol. The van der Waals surface area contributed by atoms with Gasteiger partial charge in [-0.2, -0.15) is 0 Å². The molecule has 0 atom stereocenters. The first kappa shape index (κ1) is 17.8. The van der Waals surface area contributed by atoms with Crippen molar-refractivity contribution in [2.45, 2.75) is 58.5 Å². The van der Waals surface area contributed by atoms with Crippen LogP contribution < -0.4 is 5.32 Å². The number of hydrogen-bond donors (Lipinski definition) is 1. The van der Waals surface area contributed by atoms with Crippen LogP contribution in [0.15, 0.2) is 0 Å². The fourth-order valence-electron chi connectivity index (χ4n) is 2.64. The lowest BCUT2D eigenvalue weighted by Crippen LogP contribution is -2.46. The van der Waals surface area contributed by atoms with Gasteiger partial charge in [0, 0.05) is 44.7 Å². The lowest BCUT2D eigenvalue weighted by atomic mass is 10.1. The summed E-state index contributed by atoms with van der Waals surface area (Å²) in [7, 11) is 0. The lowest BCUT2D eigenvalue weighted by molar-refractivity contribution is -0.0715. The Morgan fingerprint density at radius 1 is 0.900 bits per heavy atom. The Labute approximate surface area is 122 Å². The predicted octanol–water partition coefficient (Wildman–Crippen LogP) is 2.43. The van der Waals surface area contributed by atoms with Crippen molar-refractivity contribution in [1.82, 2.24) is 15.1 Å². The minimum Gasteiger partial charge on any atom is -0.314 e. The SMILES string of the molecule is CC(C)N1CCCC(F)(F)C1.CC(C)N1CCNCC1. The molecule has 2 aliphatic heterocycles. The number of hydrogen-bond acceptors (Lipinski definition) is 3. The molecular weight excluding hydrogens is 260 g/mol. The summed E-state index contributed by atoms with van der Waals surface area (Å²) >= 11 is 0. The van der Waals surface area contributed by atoms with Gasteiger partial charge in [0.15, 0.2) is 0 Å². The third kappa shape index (κ3) is 6.46. The van der Waals surface area contributed by atoms with E-state index >= 15 is 0 Å². The molecule has 2 heterocycles. The highest BCUT2D eigenvalue weighted by Gasteiger charge is 2.35. The minimum absolute atomic E-state index is 0.0509. The lowest BCUT2D eigenvalue weighted by Gasteiger charge is -2.34. The third-order valence-corrected chi connectivity index (χ3v) is 4.03. The first-order valence-corrected chi connectivity index (χ1v) is 7.88. The largest absolute Gasteiger partial charge is 0.314 e. The van der Waals surface area contributed by atoms with Gasteiger partial charge >= 0.3 is 0 Å². The Morgan fingerprint density at radius 3 is 1.80 bits per heavy atom. The van der Waals surface area contributed by atoms with E-state index in [0.717, 1.165) is 25.7 Å². The maximum atomic E-state index is 12.8. The van der Waals surface area contributed by atoms with Gasteiger partial charge in [0.25, 0.3) is 5.92 Å². The molecule has 0 radical (unpaired) electrons. The molecule has 2 aliphatic rings. The zero-order chi connectivity index (χ0) is 15.2. The topological polar surface area (TPSA) is 18.5 Å². The van der Waals surface area contributed by atoms with E-state index in [4.69, 9.17) is 0 Å². The molecule has 3 nitrogen and oxygen atoms in total. The second kappa shape index (κ2) is 8.25. The number of halogens is 2. The predicted molar refractivity (Wildman–Crippen MR) is 80.5 cm³/mol. The molecule has 20 heavy (non-hydrogen) atoms. The first-order valence-electron chi connectivity index (χ1n) is 7.88. The highest BCUT2D eigenvalue weighted by atomic mass is 19.3. The van der Waals surface area contributed by atoms with Gasteiger partial charge in [-0.05, 0) is 40.7 Å². The highest BCUT2D eigenvalue weighted by Crippen LogP contribution is 2.27. The van der Waals surface area contributed by atoms with Crippen LogP contribution in [0.4, 0.5) is 8.78 Å². The molecule has 0 aromatic rings. The van der Waals surface area contributed by atoms with E-state index in [-0.39, 0.29) is 19.0 Å². The van der Waals surface area contributed by atoms with Gasteiger partial charge in [-0.25, -0.2) is 8.78 Å². The molecule has 5 heteroatoms. The van der Waals surface area contributed by atoms with E-state index in [0.29, 0.717) is 6.42 Å². The van der Waals surface area contributed by atoms with Crippen LogP contribution in [0.3, 0.4) is 0 Å². The first-order chi connectivity index (χ1) is 9.32. The van der Waals surface area contributed by atoms with Gasteiger partial charge in [-0.1, -0.05) is 0 Å². The molecule has 0 spiro atoms. The molecule has 0 amide bonds. The van der Waals surface area contributed by atoms with E-state index in [1.54, 1.807) is 0 Å². The van der Waals surface area contributed by atoms with Crippen LogP contribution >= 0.6 is 0 Å². The number of alkyl halides is 2. The summed E-state index contributed by atoms with van der Waals surface area (Å²) in [4.78, 5) is 4.33. The molecule has 0 bridgehead atoms. The van der Waals surface area contributed by atoms with Crippen molar-refractivity contribution in [3.05, 3.63) is 0 Å². The number of piperidine rings is 1. The number of rotatable bonds is 2. The van der Waals surface area contributed by atoms with Crippen molar-refractivity contribution in [3.63, 3.8) is 0 Å². The van der Waals surface area contributed by atoms with Gasteiger partial charge in [-0.3, -0.25) is 9.80 Å². The van der Waals surface area contributed by atoms with Crippen LogP contribution in [0.2, 0.25) is 0 Å². The molecule has 0 aromatic carbocycles. The number of piperazine rings is 1. The van der Waals surface area contributed by atoms with Crippen molar-refractivity contribution in [2.75, 3.05) is 39.3 Å². The molecule has 2 rings (SSSR count). The molecule has 2 saturated heterocycles. The van der Waals surface area contributed by atoms with Crippen LogP contribution in [0.25, 0.3) is 0 Å². The summed E-state index contributed by atoms with van der Waals surface area (Å²) in [5.41, 5.74) is 0. The van der Waals surface area contributed by atoms with Gasteiger partial charge in [0.05, 0.1) is 6.54 Å². The summed E-state index contributed by atoms with van der Waals surface area (Å²) in [5.74, 6) is -2.44. The Morgan fingerprint density at radius 2 is 1.45 bits per heavy atom. The number of likely N-dealkylation sites (tertiary alicyclic amines) is 1. The maximum absolute atomic E-state index is 12.8. The summed E-state index contributed by atoms with van der Waals surface area (Å²) in [6.07, 6.45) is 0.696. The fraction of sp³-hybridized carbons (Fsp3) is 1.00. The molecule has 0 saturated carbocycles. The second-order valence-corrected chi connectivity index (χ2v) is 6.40. The molecule has 0 aromatic heterocycles. The molecule has 0 unspecified atom stereocenters. The van der Waals surface area contributed by atoms with Crippen LogP contribution in [-0.4, -0.2) is 67.1 Å². The van der Waals surface area contributed by atoms with Crippen molar-refractivity contribution in [2.24, 2.45) is 0 Å². The monoisotopic (exact) mass is 291 g/mol. The quantitative estimate of drug-likeness (QED) is 0.843. The maximum Gasteiger partial charge on any atom is 0.260 e. The Balaban J connectivity index is 0.000000204. The Bertz CT molecular complexity index is 264. The zero-order valence-corrected chi connectivity index (χ0v) is 13.5. The zero-order valence-electron chi connectivity index (χ0n) is 13.5. The van der Waals surface area contributed by atoms with Gasteiger partial charge < -0.3 is 5.32 Å². The molecule has 0 aliphatic carbocycles. The molecular formula is C15H31F2N3. The van der Waals surface area contributed by atoms with Crippen LogP contribution in [0.5, 0.6) is 0 Å².